The minimum absolute atomic E-state index is 0.0849. The van der Waals surface area contributed by atoms with Crippen molar-refractivity contribution >= 4 is 38.8 Å². The first-order valence-corrected chi connectivity index (χ1v) is 23.8. The molecule has 9 aromatic rings. The molecular formula is C64H61N3O. The van der Waals surface area contributed by atoms with Crippen LogP contribution in [0.15, 0.2) is 241 Å². The standard InChI is InChI=1S/C41H35NO.C21H20N2.C2H6/c1-28-17-19-30(20-18-28)34-25-26-36-35-15-9-10-16-39(35)43-41(36)40(34)33-23-21-31(22-24-33)37(29-11-5-3-6-12-29)27-38(42-2)32-13-7-4-8-14-32;22-20(17-10-5-2-6-11-17)15-21(23)19-13-7-12-18(14-19)16-8-3-1-4-9-16;1-2/h3-17,19,21-27,38,42H,18,20H2,1-2H3;1-15,21H,22-23H2;1-2H3/b37-27+;20-15-;. The smallest absolute Gasteiger partial charge is 0.143 e. The van der Waals surface area contributed by atoms with E-state index in [0.29, 0.717) is 5.70 Å². The Balaban J connectivity index is 0.000000211. The Morgan fingerprint density at radius 1 is 0.544 bits per heavy atom. The fraction of sp³-hybridized carbons (Fsp3) is 0.125. The third-order valence-electron chi connectivity index (χ3n) is 12.5. The third kappa shape index (κ3) is 10.9. The van der Waals surface area contributed by atoms with Gasteiger partial charge in [-0.05, 0) is 112 Å². The summed E-state index contributed by atoms with van der Waals surface area (Å²) < 4.78 is 6.59. The van der Waals surface area contributed by atoms with Gasteiger partial charge in [-0.25, -0.2) is 0 Å². The number of benzene rings is 8. The number of hydrogen-bond acceptors (Lipinski definition) is 4. The second kappa shape index (κ2) is 22.6. The molecule has 2 atom stereocenters. The van der Waals surface area contributed by atoms with E-state index >= 15 is 0 Å². The van der Waals surface area contributed by atoms with Gasteiger partial charge in [-0.3, -0.25) is 0 Å². The zero-order valence-corrected chi connectivity index (χ0v) is 39.6. The number of para-hydroxylation sites is 1. The van der Waals surface area contributed by atoms with Crippen LogP contribution in [0.1, 0.15) is 79.1 Å². The van der Waals surface area contributed by atoms with Crippen LogP contribution in [-0.4, -0.2) is 7.05 Å². The molecule has 1 aliphatic rings. The van der Waals surface area contributed by atoms with Gasteiger partial charge in [-0.2, -0.15) is 0 Å². The lowest BCUT2D eigenvalue weighted by Crippen LogP contribution is -2.14. The Morgan fingerprint density at radius 2 is 1.13 bits per heavy atom. The quantitative estimate of drug-likeness (QED) is 0.121. The number of nitrogens with two attached hydrogens (primary N) is 2. The van der Waals surface area contributed by atoms with Crippen molar-refractivity contribution in [2.24, 2.45) is 11.5 Å². The highest BCUT2D eigenvalue weighted by Gasteiger charge is 2.20. The van der Waals surface area contributed by atoms with Crippen LogP contribution in [0.2, 0.25) is 0 Å². The lowest BCUT2D eigenvalue weighted by Gasteiger charge is -2.18. The summed E-state index contributed by atoms with van der Waals surface area (Å²) in [5.41, 5.74) is 30.6. The summed E-state index contributed by atoms with van der Waals surface area (Å²) >= 11 is 0. The van der Waals surface area contributed by atoms with Crippen molar-refractivity contribution in [2.45, 2.75) is 45.7 Å². The van der Waals surface area contributed by atoms with E-state index in [-0.39, 0.29) is 12.1 Å². The third-order valence-corrected chi connectivity index (χ3v) is 12.5. The minimum atomic E-state index is -0.237. The van der Waals surface area contributed by atoms with Crippen LogP contribution >= 0.6 is 0 Å². The van der Waals surface area contributed by atoms with Crippen LogP contribution in [-0.2, 0) is 0 Å². The van der Waals surface area contributed by atoms with Gasteiger partial charge >= 0.3 is 0 Å². The molecule has 0 aliphatic heterocycles. The number of allylic oxidation sites excluding steroid dienone is 4. The van der Waals surface area contributed by atoms with Gasteiger partial charge in [0.05, 0.1) is 12.1 Å². The highest BCUT2D eigenvalue weighted by molar-refractivity contribution is 6.11. The summed E-state index contributed by atoms with van der Waals surface area (Å²) in [6.07, 6.45) is 10.9. The van der Waals surface area contributed by atoms with Gasteiger partial charge in [0.1, 0.15) is 11.2 Å². The van der Waals surface area contributed by atoms with Crippen LogP contribution in [0.3, 0.4) is 0 Å². The van der Waals surface area contributed by atoms with Gasteiger partial charge in [0.15, 0.2) is 0 Å². The second-order valence-electron chi connectivity index (χ2n) is 16.9. The van der Waals surface area contributed by atoms with Gasteiger partial charge in [-0.15, -0.1) is 0 Å². The molecule has 68 heavy (non-hydrogen) atoms. The lowest BCUT2D eigenvalue weighted by atomic mass is 9.86. The molecule has 338 valence electrons. The molecule has 0 fully saturated rings. The van der Waals surface area contributed by atoms with Crippen LogP contribution < -0.4 is 16.8 Å². The minimum Gasteiger partial charge on any atom is -0.455 e. The summed E-state index contributed by atoms with van der Waals surface area (Å²) in [6.45, 7) is 6.21. The first kappa shape index (κ1) is 46.8. The van der Waals surface area contributed by atoms with Gasteiger partial charge in [0.25, 0.3) is 0 Å². The fourth-order valence-corrected chi connectivity index (χ4v) is 8.85. The average molecular weight is 888 g/mol. The number of nitrogens with one attached hydrogen (secondary N) is 1. The predicted octanol–water partition coefficient (Wildman–Crippen LogP) is 16.1. The number of furan rings is 1. The molecule has 4 nitrogen and oxygen atoms in total. The van der Waals surface area contributed by atoms with E-state index in [2.05, 4.69) is 170 Å². The maximum Gasteiger partial charge on any atom is 0.143 e. The van der Waals surface area contributed by atoms with E-state index in [4.69, 9.17) is 15.9 Å². The van der Waals surface area contributed by atoms with Gasteiger partial charge in [0.2, 0.25) is 0 Å². The highest BCUT2D eigenvalue weighted by atomic mass is 16.3. The van der Waals surface area contributed by atoms with Crippen molar-refractivity contribution in [1.29, 1.82) is 0 Å². The van der Waals surface area contributed by atoms with Crippen LogP contribution in [0.25, 0.3) is 61.0 Å². The highest BCUT2D eigenvalue weighted by Crippen LogP contribution is 2.43. The van der Waals surface area contributed by atoms with E-state index in [1.54, 1.807) is 0 Å². The zero-order valence-electron chi connectivity index (χ0n) is 39.6. The van der Waals surface area contributed by atoms with Crippen LogP contribution in [0.4, 0.5) is 0 Å². The maximum absolute atomic E-state index is 6.59. The molecule has 0 amide bonds. The summed E-state index contributed by atoms with van der Waals surface area (Å²) in [5.74, 6) is 0. The average Bonchev–Trinajstić information content (AvgIpc) is 3.80. The Hall–Kier alpha value is -7.76. The monoisotopic (exact) mass is 887 g/mol. The molecule has 8 aromatic carbocycles. The second-order valence-corrected chi connectivity index (χ2v) is 16.9. The van der Waals surface area contributed by atoms with Gasteiger partial charge in [-0.1, -0.05) is 226 Å². The number of likely N-dealkylation sites (N-methyl/N-ethyl adjacent to an activating group) is 1. The Labute approximate surface area is 402 Å². The fourth-order valence-electron chi connectivity index (χ4n) is 8.85. The Morgan fingerprint density at radius 3 is 1.79 bits per heavy atom. The number of fused-ring (bicyclic) bond motifs is 3. The molecule has 0 spiro atoms. The SMILES string of the molecule is CC.CNC(/C=C(\c1ccccc1)c1ccc(-c2c(C3=CC=C(C)CC3)ccc3c2oc2ccccc23)cc1)c1ccccc1.N/C(=C\C(N)c1cccc(-c2ccccc2)c1)c1ccccc1. The van der Waals surface area contributed by atoms with Gasteiger partial charge in [0, 0.05) is 22.0 Å². The molecule has 4 heteroatoms. The van der Waals surface area contributed by atoms with Crippen molar-refractivity contribution in [1.82, 2.24) is 5.32 Å². The first-order chi connectivity index (χ1) is 33.4. The first-order valence-electron chi connectivity index (χ1n) is 23.8. The van der Waals surface area contributed by atoms with Gasteiger partial charge < -0.3 is 21.2 Å². The van der Waals surface area contributed by atoms with Crippen molar-refractivity contribution < 1.29 is 4.42 Å². The summed E-state index contributed by atoms with van der Waals surface area (Å²) in [6, 6.07) is 71.5. The molecular weight excluding hydrogens is 827 g/mol. The molecule has 0 saturated heterocycles. The molecule has 0 bridgehead atoms. The summed E-state index contributed by atoms with van der Waals surface area (Å²) in [5, 5.41) is 5.82. The van der Waals surface area contributed by atoms with Crippen LogP contribution in [0.5, 0.6) is 0 Å². The molecule has 0 saturated carbocycles. The summed E-state index contributed by atoms with van der Waals surface area (Å²) in [4.78, 5) is 0. The molecule has 2 unspecified atom stereocenters. The predicted molar refractivity (Wildman–Crippen MR) is 291 cm³/mol. The largest absolute Gasteiger partial charge is 0.455 e. The number of hydrogen-bond donors (Lipinski definition) is 3. The van der Waals surface area contributed by atoms with E-state index in [1.807, 2.05) is 93.7 Å². The van der Waals surface area contributed by atoms with E-state index in [9.17, 15) is 0 Å². The molecule has 1 aliphatic carbocycles. The van der Waals surface area contributed by atoms with E-state index < -0.39 is 0 Å². The van der Waals surface area contributed by atoms with Crippen molar-refractivity contribution in [3.63, 3.8) is 0 Å². The Kier molecular flexibility index (Phi) is 15.6. The molecule has 0 radical (unpaired) electrons. The van der Waals surface area contributed by atoms with Crippen molar-refractivity contribution in [2.75, 3.05) is 7.05 Å². The van der Waals surface area contributed by atoms with Crippen molar-refractivity contribution in [3.8, 4) is 22.3 Å². The maximum atomic E-state index is 6.59. The van der Waals surface area contributed by atoms with E-state index in [1.165, 1.54) is 50.1 Å². The molecule has 1 heterocycles. The topological polar surface area (TPSA) is 77.2 Å². The molecule has 1 aromatic heterocycles. The van der Waals surface area contributed by atoms with E-state index in [0.717, 1.165) is 57.0 Å². The molecule has 5 N–H and O–H groups in total. The van der Waals surface area contributed by atoms with Crippen molar-refractivity contribution in [3.05, 3.63) is 270 Å². The van der Waals surface area contributed by atoms with Crippen LogP contribution in [0, 0.1) is 0 Å². The number of rotatable bonds is 11. The normalized spacial score (nSPS) is 13.6. The Bertz CT molecular complexity index is 3180. The summed E-state index contributed by atoms with van der Waals surface area (Å²) in [7, 11) is 2.02. The molecule has 10 rings (SSSR count). The lowest BCUT2D eigenvalue weighted by molar-refractivity contribution is 0.670. The zero-order chi connectivity index (χ0) is 47.2.